The Bertz CT molecular complexity index is 190. The third-order valence-corrected chi connectivity index (χ3v) is 2.18. The Balaban J connectivity index is 2.70. The number of hydrogen-bond acceptors (Lipinski definition) is 3. The maximum atomic E-state index is 11.0. The average molecular weight is 157 g/mol. The van der Waals surface area contributed by atoms with E-state index in [1.165, 1.54) is 0 Å². The van der Waals surface area contributed by atoms with Gasteiger partial charge in [0.25, 0.3) is 6.04 Å². The van der Waals surface area contributed by atoms with Crippen molar-refractivity contribution in [1.29, 1.82) is 0 Å². The number of hydrogen-bond donors (Lipinski definition) is 0. The molecule has 1 saturated carbocycles. The molecule has 0 spiro atoms. The minimum atomic E-state index is -0.927. The number of nitrogens with zero attached hydrogens (tertiary/aromatic N) is 1. The number of carbonyl (C=O) groups is 1. The molecule has 1 rings (SSSR count). The fourth-order valence-corrected chi connectivity index (χ4v) is 1.55. The molecule has 0 aromatic heterocycles. The van der Waals surface area contributed by atoms with Gasteiger partial charge < -0.3 is 0 Å². The van der Waals surface area contributed by atoms with Gasteiger partial charge >= 0.3 is 0 Å². The van der Waals surface area contributed by atoms with Crippen LogP contribution in [0.5, 0.6) is 0 Å². The largest absolute Gasteiger partial charge is 0.292 e. The highest BCUT2D eigenvalue weighted by Crippen LogP contribution is 2.22. The van der Waals surface area contributed by atoms with Gasteiger partial charge in [-0.05, 0) is 12.8 Å². The van der Waals surface area contributed by atoms with E-state index in [4.69, 9.17) is 0 Å². The van der Waals surface area contributed by atoms with Gasteiger partial charge in [-0.25, -0.2) is 0 Å². The van der Waals surface area contributed by atoms with Crippen molar-refractivity contribution in [1.82, 2.24) is 0 Å². The second-order valence-corrected chi connectivity index (χ2v) is 3.07. The number of ketones is 1. The fourth-order valence-electron chi connectivity index (χ4n) is 1.55. The van der Waals surface area contributed by atoms with E-state index >= 15 is 0 Å². The molecular weight excluding hydrogens is 146 g/mol. The van der Waals surface area contributed by atoms with Crippen LogP contribution in [0.2, 0.25) is 0 Å². The zero-order valence-corrected chi connectivity index (χ0v) is 6.45. The Morgan fingerprint density at radius 2 is 2.27 bits per heavy atom. The molecule has 0 amide bonds. The SMILES string of the molecule is C[C@H]1CCCC(=O)[C@H]1[N+](=O)[O-]. The minimum Gasteiger partial charge on any atom is -0.292 e. The molecule has 1 fully saturated rings. The van der Waals surface area contributed by atoms with E-state index in [-0.39, 0.29) is 11.7 Å². The lowest BCUT2D eigenvalue weighted by atomic mass is 9.85. The molecule has 0 radical (unpaired) electrons. The molecule has 0 aliphatic heterocycles. The maximum Gasteiger partial charge on any atom is 0.272 e. The van der Waals surface area contributed by atoms with E-state index in [0.717, 1.165) is 12.8 Å². The fraction of sp³-hybridized carbons (Fsp3) is 0.857. The Kier molecular flexibility index (Phi) is 2.22. The first-order valence-electron chi connectivity index (χ1n) is 3.79. The molecule has 0 aromatic rings. The molecule has 0 N–H and O–H groups in total. The Morgan fingerprint density at radius 1 is 1.64 bits per heavy atom. The van der Waals surface area contributed by atoms with Gasteiger partial charge in [0.05, 0.1) is 0 Å². The summed E-state index contributed by atoms with van der Waals surface area (Å²) in [6.45, 7) is 1.77. The number of carbonyl (C=O) groups excluding carboxylic acids is 1. The summed E-state index contributed by atoms with van der Waals surface area (Å²) < 4.78 is 0. The lowest BCUT2D eigenvalue weighted by Crippen LogP contribution is -2.38. The Labute approximate surface area is 64.7 Å². The van der Waals surface area contributed by atoms with Crippen LogP contribution in [0.15, 0.2) is 0 Å². The highest BCUT2D eigenvalue weighted by molar-refractivity contribution is 5.83. The smallest absolute Gasteiger partial charge is 0.272 e. The normalized spacial score (nSPS) is 31.9. The molecule has 0 unspecified atom stereocenters. The van der Waals surface area contributed by atoms with Gasteiger partial charge in [0.2, 0.25) is 5.78 Å². The van der Waals surface area contributed by atoms with Crippen molar-refractivity contribution < 1.29 is 9.72 Å². The van der Waals surface area contributed by atoms with Gasteiger partial charge in [0.1, 0.15) is 0 Å². The maximum absolute atomic E-state index is 11.0. The van der Waals surface area contributed by atoms with Crippen LogP contribution in [0.4, 0.5) is 0 Å². The van der Waals surface area contributed by atoms with Gasteiger partial charge in [-0.2, -0.15) is 0 Å². The van der Waals surface area contributed by atoms with Crippen LogP contribution >= 0.6 is 0 Å². The molecule has 0 heterocycles. The van der Waals surface area contributed by atoms with Gasteiger partial charge in [-0.3, -0.25) is 14.9 Å². The molecule has 4 nitrogen and oxygen atoms in total. The van der Waals surface area contributed by atoms with Crippen molar-refractivity contribution in [3.8, 4) is 0 Å². The zero-order chi connectivity index (χ0) is 8.43. The summed E-state index contributed by atoms with van der Waals surface area (Å²) in [5, 5.41) is 10.4. The van der Waals surface area contributed by atoms with Crippen molar-refractivity contribution in [3.63, 3.8) is 0 Å². The number of rotatable bonds is 1. The summed E-state index contributed by atoms with van der Waals surface area (Å²) in [4.78, 5) is 20.9. The van der Waals surface area contributed by atoms with Crippen molar-refractivity contribution >= 4 is 5.78 Å². The molecule has 62 valence electrons. The lowest BCUT2D eigenvalue weighted by molar-refractivity contribution is -0.517. The van der Waals surface area contributed by atoms with Gasteiger partial charge in [-0.1, -0.05) is 6.92 Å². The molecule has 0 bridgehead atoms. The first kappa shape index (κ1) is 8.17. The van der Waals surface area contributed by atoms with Crippen molar-refractivity contribution in [2.45, 2.75) is 32.2 Å². The average Bonchev–Trinajstić information content (AvgIpc) is 1.85. The predicted octanol–water partition coefficient (Wildman–Crippen LogP) is 1.02. The highest BCUT2D eigenvalue weighted by Gasteiger charge is 2.37. The van der Waals surface area contributed by atoms with Crippen LogP contribution in [0.25, 0.3) is 0 Å². The van der Waals surface area contributed by atoms with Gasteiger partial charge in [-0.15, -0.1) is 0 Å². The van der Waals surface area contributed by atoms with E-state index < -0.39 is 11.0 Å². The molecule has 0 saturated heterocycles. The van der Waals surface area contributed by atoms with Crippen molar-refractivity contribution in [2.75, 3.05) is 0 Å². The predicted molar refractivity (Wildman–Crippen MR) is 38.8 cm³/mol. The van der Waals surface area contributed by atoms with E-state index in [1.807, 2.05) is 0 Å². The third-order valence-electron chi connectivity index (χ3n) is 2.18. The Hall–Kier alpha value is -0.930. The number of nitro groups is 1. The molecule has 2 atom stereocenters. The summed E-state index contributed by atoms with van der Waals surface area (Å²) in [5.41, 5.74) is 0. The van der Waals surface area contributed by atoms with Crippen LogP contribution in [0, 0.1) is 16.0 Å². The lowest BCUT2D eigenvalue weighted by Gasteiger charge is -2.19. The van der Waals surface area contributed by atoms with E-state index in [0.29, 0.717) is 6.42 Å². The molecule has 1 aliphatic carbocycles. The van der Waals surface area contributed by atoms with Crippen LogP contribution in [-0.2, 0) is 4.79 Å². The van der Waals surface area contributed by atoms with Crippen LogP contribution in [0.3, 0.4) is 0 Å². The molecule has 11 heavy (non-hydrogen) atoms. The minimum absolute atomic E-state index is 0.0775. The third kappa shape index (κ3) is 1.56. The second-order valence-electron chi connectivity index (χ2n) is 3.07. The first-order chi connectivity index (χ1) is 5.13. The summed E-state index contributed by atoms with van der Waals surface area (Å²) in [7, 11) is 0. The highest BCUT2D eigenvalue weighted by atomic mass is 16.6. The second kappa shape index (κ2) is 2.98. The number of Topliss-reactive ketones (excluding diaryl/α,β-unsaturated/α-hetero) is 1. The summed E-state index contributed by atoms with van der Waals surface area (Å²) in [5.74, 6) is -0.278. The van der Waals surface area contributed by atoms with Crippen molar-refractivity contribution in [3.05, 3.63) is 10.1 Å². The van der Waals surface area contributed by atoms with Crippen LogP contribution in [-0.4, -0.2) is 16.7 Å². The van der Waals surface area contributed by atoms with Gasteiger partial charge in [0.15, 0.2) is 0 Å². The van der Waals surface area contributed by atoms with E-state index in [1.54, 1.807) is 6.92 Å². The first-order valence-corrected chi connectivity index (χ1v) is 3.79. The van der Waals surface area contributed by atoms with E-state index in [9.17, 15) is 14.9 Å². The topological polar surface area (TPSA) is 60.2 Å². The summed E-state index contributed by atoms with van der Waals surface area (Å²) >= 11 is 0. The zero-order valence-electron chi connectivity index (χ0n) is 6.45. The van der Waals surface area contributed by atoms with Gasteiger partial charge in [0, 0.05) is 17.3 Å². The van der Waals surface area contributed by atoms with Crippen LogP contribution in [0.1, 0.15) is 26.2 Å². The van der Waals surface area contributed by atoms with E-state index in [2.05, 4.69) is 0 Å². The standard InChI is InChI=1S/C7H11NO3/c1-5-3-2-4-6(9)7(5)8(10)11/h5,7H,2-4H2,1H3/t5-,7-/m0/s1. The molecule has 4 heteroatoms. The summed E-state index contributed by atoms with van der Waals surface area (Å²) in [6.07, 6.45) is 2.00. The monoisotopic (exact) mass is 157 g/mol. The van der Waals surface area contributed by atoms with Crippen molar-refractivity contribution in [2.24, 2.45) is 5.92 Å². The summed E-state index contributed by atoms with van der Waals surface area (Å²) in [6, 6.07) is -0.927. The molecule has 0 aromatic carbocycles. The molecular formula is C7H11NO3. The quantitative estimate of drug-likeness (QED) is 0.421. The Morgan fingerprint density at radius 3 is 2.64 bits per heavy atom. The molecule has 1 aliphatic rings. The van der Waals surface area contributed by atoms with Crippen LogP contribution < -0.4 is 0 Å².